The molecule has 0 atom stereocenters. The third-order valence-corrected chi connectivity index (χ3v) is 2.97. The van der Waals surface area contributed by atoms with Crippen molar-refractivity contribution in [1.82, 2.24) is 0 Å². The van der Waals surface area contributed by atoms with Crippen molar-refractivity contribution < 1.29 is 9.53 Å². The normalized spacial score (nSPS) is 10.1. The van der Waals surface area contributed by atoms with Crippen LogP contribution in [0, 0.1) is 13.8 Å². The zero-order chi connectivity index (χ0) is 13.8. The lowest BCUT2D eigenvalue weighted by atomic mass is 10.1. The molecule has 0 aliphatic carbocycles. The van der Waals surface area contributed by atoms with Crippen molar-refractivity contribution >= 4 is 11.6 Å². The van der Waals surface area contributed by atoms with Crippen LogP contribution in [0.15, 0.2) is 42.5 Å². The Bertz CT molecular complexity index is 588. The van der Waals surface area contributed by atoms with E-state index in [9.17, 15) is 4.79 Å². The summed E-state index contributed by atoms with van der Waals surface area (Å²) >= 11 is 0. The number of carbonyl (C=O) groups excluding carboxylic acids is 1. The molecule has 1 amide bonds. The quantitative estimate of drug-likeness (QED) is 0.910. The van der Waals surface area contributed by atoms with Crippen molar-refractivity contribution in [2.24, 2.45) is 0 Å². The van der Waals surface area contributed by atoms with Crippen LogP contribution in [0.5, 0.6) is 5.75 Å². The van der Waals surface area contributed by atoms with E-state index in [1.54, 1.807) is 19.2 Å². The fourth-order valence-corrected chi connectivity index (χ4v) is 1.86. The van der Waals surface area contributed by atoms with E-state index in [0.717, 1.165) is 17.0 Å². The fourth-order valence-electron chi connectivity index (χ4n) is 1.86. The largest absolute Gasteiger partial charge is 0.496 e. The Balaban J connectivity index is 2.16. The first-order valence-electron chi connectivity index (χ1n) is 6.13. The van der Waals surface area contributed by atoms with E-state index in [-0.39, 0.29) is 5.91 Å². The monoisotopic (exact) mass is 255 g/mol. The van der Waals surface area contributed by atoms with Crippen molar-refractivity contribution in [3.63, 3.8) is 0 Å². The molecule has 3 heteroatoms. The number of rotatable bonds is 3. The Morgan fingerprint density at radius 1 is 1.05 bits per heavy atom. The topological polar surface area (TPSA) is 38.3 Å². The van der Waals surface area contributed by atoms with Crippen LogP contribution in [0.2, 0.25) is 0 Å². The number of anilines is 1. The molecule has 0 saturated heterocycles. The van der Waals surface area contributed by atoms with Crippen LogP contribution in [-0.2, 0) is 0 Å². The van der Waals surface area contributed by atoms with Crippen molar-refractivity contribution in [3.8, 4) is 5.75 Å². The summed E-state index contributed by atoms with van der Waals surface area (Å²) in [5.41, 5.74) is 3.53. The van der Waals surface area contributed by atoms with Gasteiger partial charge in [-0.05, 0) is 49.7 Å². The Hall–Kier alpha value is -2.29. The lowest BCUT2D eigenvalue weighted by Gasteiger charge is -2.08. The first-order valence-corrected chi connectivity index (χ1v) is 6.13. The van der Waals surface area contributed by atoms with Crippen molar-refractivity contribution in [2.75, 3.05) is 12.4 Å². The Morgan fingerprint density at radius 3 is 2.32 bits per heavy atom. The second kappa shape index (κ2) is 5.57. The van der Waals surface area contributed by atoms with Gasteiger partial charge in [-0.3, -0.25) is 4.79 Å². The van der Waals surface area contributed by atoms with Gasteiger partial charge in [0, 0.05) is 11.3 Å². The molecule has 0 aliphatic heterocycles. The van der Waals surface area contributed by atoms with E-state index in [0.29, 0.717) is 5.56 Å². The summed E-state index contributed by atoms with van der Waals surface area (Å²) in [4.78, 5) is 12.1. The molecule has 0 saturated carbocycles. The van der Waals surface area contributed by atoms with Crippen LogP contribution < -0.4 is 10.1 Å². The summed E-state index contributed by atoms with van der Waals surface area (Å²) in [7, 11) is 1.62. The molecule has 2 aromatic carbocycles. The zero-order valence-electron chi connectivity index (χ0n) is 11.4. The zero-order valence-corrected chi connectivity index (χ0v) is 11.4. The summed E-state index contributed by atoms with van der Waals surface area (Å²) in [5.74, 6) is 0.668. The minimum atomic E-state index is -0.116. The van der Waals surface area contributed by atoms with Crippen molar-refractivity contribution in [2.45, 2.75) is 13.8 Å². The molecule has 0 spiro atoms. The van der Waals surface area contributed by atoms with E-state index >= 15 is 0 Å². The third-order valence-electron chi connectivity index (χ3n) is 2.97. The molecule has 2 aromatic rings. The number of hydrogen-bond acceptors (Lipinski definition) is 2. The smallest absolute Gasteiger partial charge is 0.255 e. The fraction of sp³-hybridized carbons (Fsp3) is 0.188. The van der Waals surface area contributed by atoms with Gasteiger partial charge in [-0.2, -0.15) is 0 Å². The molecule has 2 rings (SSSR count). The molecule has 1 N–H and O–H groups in total. The van der Waals surface area contributed by atoms with Gasteiger partial charge in [0.25, 0.3) is 5.91 Å². The lowest BCUT2D eigenvalue weighted by molar-refractivity contribution is 0.102. The lowest BCUT2D eigenvalue weighted by Crippen LogP contribution is -2.12. The number of methoxy groups -OCH3 is 1. The SMILES string of the molecule is COc1ccc(C(=O)Nc2ccc(C)cc2)cc1C. The minimum absolute atomic E-state index is 0.116. The number of ether oxygens (including phenoxy) is 1. The molecular weight excluding hydrogens is 238 g/mol. The molecule has 0 bridgehead atoms. The first-order chi connectivity index (χ1) is 9.10. The molecule has 0 aromatic heterocycles. The number of aryl methyl sites for hydroxylation is 2. The van der Waals surface area contributed by atoms with E-state index in [4.69, 9.17) is 4.74 Å². The summed E-state index contributed by atoms with van der Waals surface area (Å²) in [6, 6.07) is 13.1. The predicted molar refractivity (Wildman–Crippen MR) is 76.9 cm³/mol. The highest BCUT2D eigenvalue weighted by Crippen LogP contribution is 2.19. The second-order valence-corrected chi connectivity index (χ2v) is 4.50. The van der Waals surface area contributed by atoms with Gasteiger partial charge in [-0.1, -0.05) is 17.7 Å². The standard InChI is InChI=1S/C16H17NO2/c1-11-4-7-14(8-5-11)17-16(18)13-6-9-15(19-3)12(2)10-13/h4-10H,1-3H3,(H,17,18). The van der Waals surface area contributed by atoms with Crippen LogP contribution in [0.25, 0.3) is 0 Å². The highest BCUT2D eigenvalue weighted by atomic mass is 16.5. The maximum atomic E-state index is 12.1. The van der Waals surface area contributed by atoms with Crippen LogP contribution in [0.1, 0.15) is 21.5 Å². The van der Waals surface area contributed by atoms with Gasteiger partial charge in [-0.25, -0.2) is 0 Å². The van der Waals surface area contributed by atoms with Crippen molar-refractivity contribution in [1.29, 1.82) is 0 Å². The molecule has 0 fully saturated rings. The number of hydrogen-bond donors (Lipinski definition) is 1. The molecular formula is C16H17NO2. The maximum Gasteiger partial charge on any atom is 0.255 e. The highest BCUT2D eigenvalue weighted by molar-refractivity contribution is 6.04. The molecule has 0 heterocycles. The maximum absolute atomic E-state index is 12.1. The third kappa shape index (κ3) is 3.13. The van der Waals surface area contributed by atoms with Gasteiger partial charge in [0.05, 0.1) is 7.11 Å². The molecule has 0 aliphatic rings. The number of benzene rings is 2. The van der Waals surface area contributed by atoms with Gasteiger partial charge < -0.3 is 10.1 Å². The van der Waals surface area contributed by atoms with Crippen molar-refractivity contribution in [3.05, 3.63) is 59.2 Å². The molecule has 3 nitrogen and oxygen atoms in total. The van der Waals surface area contributed by atoms with E-state index < -0.39 is 0 Å². The highest BCUT2D eigenvalue weighted by Gasteiger charge is 2.08. The summed E-state index contributed by atoms with van der Waals surface area (Å²) in [6.07, 6.45) is 0. The van der Waals surface area contributed by atoms with Crippen LogP contribution in [-0.4, -0.2) is 13.0 Å². The summed E-state index contributed by atoms with van der Waals surface area (Å²) < 4.78 is 5.18. The van der Waals surface area contributed by atoms with Crippen LogP contribution in [0.4, 0.5) is 5.69 Å². The average Bonchev–Trinajstić information content (AvgIpc) is 2.41. The summed E-state index contributed by atoms with van der Waals surface area (Å²) in [5, 5.41) is 2.87. The molecule has 98 valence electrons. The number of nitrogens with one attached hydrogen (secondary N) is 1. The second-order valence-electron chi connectivity index (χ2n) is 4.50. The minimum Gasteiger partial charge on any atom is -0.496 e. The Labute approximate surface area is 113 Å². The van der Waals surface area contributed by atoms with Gasteiger partial charge in [0.2, 0.25) is 0 Å². The molecule has 0 unspecified atom stereocenters. The van der Waals surface area contributed by atoms with Crippen LogP contribution in [0.3, 0.4) is 0 Å². The van der Waals surface area contributed by atoms with E-state index in [2.05, 4.69) is 5.32 Å². The Morgan fingerprint density at radius 2 is 1.74 bits per heavy atom. The Kier molecular flexibility index (Phi) is 3.85. The number of amides is 1. The van der Waals surface area contributed by atoms with E-state index in [1.807, 2.05) is 44.2 Å². The van der Waals surface area contributed by atoms with Gasteiger partial charge in [0.1, 0.15) is 5.75 Å². The predicted octanol–water partition coefficient (Wildman–Crippen LogP) is 3.56. The first kappa shape index (κ1) is 13.1. The average molecular weight is 255 g/mol. The van der Waals surface area contributed by atoms with Gasteiger partial charge >= 0.3 is 0 Å². The van der Waals surface area contributed by atoms with Crippen LogP contribution >= 0.6 is 0 Å². The van der Waals surface area contributed by atoms with E-state index in [1.165, 1.54) is 5.56 Å². The molecule has 19 heavy (non-hydrogen) atoms. The summed E-state index contributed by atoms with van der Waals surface area (Å²) in [6.45, 7) is 3.93. The number of carbonyl (C=O) groups is 1. The van der Waals surface area contributed by atoms with Gasteiger partial charge in [0.15, 0.2) is 0 Å². The molecule has 0 radical (unpaired) electrons. The van der Waals surface area contributed by atoms with Gasteiger partial charge in [-0.15, -0.1) is 0 Å².